The van der Waals surface area contributed by atoms with Gasteiger partial charge < -0.3 is 4.74 Å². The highest BCUT2D eigenvalue weighted by Crippen LogP contribution is 2.30. The predicted octanol–water partition coefficient (Wildman–Crippen LogP) is 5.00. The Kier molecular flexibility index (Phi) is 6.10. The fraction of sp³-hybridized carbons (Fsp3) is 0.250. The molecule has 0 aromatic heterocycles. The average molecular weight is 410 g/mol. The molecule has 29 heavy (non-hydrogen) atoms. The van der Waals surface area contributed by atoms with Gasteiger partial charge >= 0.3 is 0 Å². The van der Waals surface area contributed by atoms with Crippen molar-refractivity contribution in [3.63, 3.8) is 0 Å². The maximum absolute atomic E-state index is 13.4. The molecule has 0 saturated heterocycles. The summed E-state index contributed by atoms with van der Waals surface area (Å²) >= 11 is 0. The first-order chi connectivity index (χ1) is 13.7. The van der Waals surface area contributed by atoms with Crippen LogP contribution in [-0.2, 0) is 10.0 Å². The molecule has 0 amide bonds. The molecule has 4 nitrogen and oxygen atoms in total. The molecule has 0 heterocycles. The molecule has 0 radical (unpaired) electrons. The van der Waals surface area contributed by atoms with Gasteiger partial charge in [0.05, 0.1) is 18.0 Å². The average Bonchev–Trinajstić information content (AvgIpc) is 2.68. The Morgan fingerprint density at radius 3 is 2.14 bits per heavy atom. The van der Waals surface area contributed by atoms with Gasteiger partial charge in [0.15, 0.2) is 0 Å². The molecule has 0 aliphatic heterocycles. The molecule has 0 aliphatic rings. The quantitative estimate of drug-likeness (QED) is 0.623. The van der Waals surface area contributed by atoms with Crippen LogP contribution >= 0.6 is 0 Å². The molecule has 0 aliphatic carbocycles. The Labute approximate surface area is 173 Å². The second-order valence-electron chi connectivity index (χ2n) is 7.41. The molecule has 0 bridgehead atoms. The number of hydrogen-bond donors (Lipinski definition) is 1. The standard InChI is InChI=1S/C24H27NO3S/c1-16-11-12-21(17(2)13-16)24(20-9-7-6-8-10-20)25-29(26,27)23-15-18(3)22(28-5)14-19(23)4/h6-15,24-25H,1-5H3. The van der Waals surface area contributed by atoms with E-state index in [0.29, 0.717) is 11.3 Å². The van der Waals surface area contributed by atoms with Crippen molar-refractivity contribution < 1.29 is 13.2 Å². The van der Waals surface area contributed by atoms with E-state index >= 15 is 0 Å². The first kappa shape index (κ1) is 21.1. The summed E-state index contributed by atoms with van der Waals surface area (Å²) in [7, 11) is -2.18. The van der Waals surface area contributed by atoms with E-state index in [0.717, 1.165) is 27.8 Å². The van der Waals surface area contributed by atoms with Gasteiger partial charge in [0, 0.05) is 0 Å². The number of nitrogens with one attached hydrogen (secondary N) is 1. The van der Waals surface area contributed by atoms with E-state index < -0.39 is 16.1 Å². The summed E-state index contributed by atoms with van der Waals surface area (Å²) in [6.45, 7) is 7.67. The number of methoxy groups -OCH3 is 1. The van der Waals surface area contributed by atoms with Gasteiger partial charge in [-0.05, 0) is 67.6 Å². The van der Waals surface area contributed by atoms with Crippen LogP contribution in [-0.4, -0.2) is 15.5 Å². The third-order valence-corrected chi connectivity index (χ3v) is 6.69. The molecular formula is C24H27NO3S. The van der Waals surface area contributed by atoms with E-state index in [2.05, 4.69) is 10.8 Å². The predicted molar refractivity (Wildman–Crippen MR) is 117 cm³/mol. The lowest BCUT2D eigenvalue weighted by molar-refractivity contribution is 0.411. The summed E-state index contributed by atoms with van der Waals surface area (Å²) in [5.41, 5.74) is 5.44. The molecule has 0 spiro atoms. The normalized spacial score (nSPS) is 12.6. The van der Waals surface area contributed by atoms with Crippen LogP contribution in [0.1, 0.15) is 39.4 Å². The highest BCUT2D eigenvalue weighted by Gasteiger charge is 2.26. The maximum Gasteiger partial charge on any atom is 0.241 e. The van der Waals surface area contributed by atoms with Crippen molar-refractivity contribution in [1.29, 1.82) is 0 Å². The zero-order valence-corrected chi connectivity index (χ0v) is 18.3. The zero-order chi connectivity index (χ0) is 21.2. The van der Waals surface area contributed by atoms with Crippen LogP contribution in [0.15, 0.2) is 65.6 Å². The van der Waals surface area contributed by atoms with E-state index in [4.69, 9.17) is 4.74 Å². The Morgan fingerprint density at radius 2 is 1.52 bits per heavy atom. The molecule has 0 saturated carbocycles. The fourth-order valence-electron chi connectivity index (χ4n) is 3.60. The smallest absolute Gasteiger partial charge is 0.241 e. The minimum atomic E-state index is -3.77. The van der Waals surface area contributed by atoms with Crippen molar-refractivity contribution in [3.05, 3.63) is 94.0 Å². The van der Waals surface area contributed by atoms with Gasteiger partial charge in [0.2, 0.25) is 10.0 Å². The zero-order valence-electron chi connectivity index (χ0n) is 17.5. The molecule has 5 heteroatoms. The van der Waals surface area contributed by atoms with Crippen LogP contribution in [0.3, 0.4) is 0 Å². The van der Waals surface area contributed by atoms with Crippen LogP contribution in [0.25, 0.3) is 0 Å². The van der Waals surface area contributed by atoms with Gasteiger partial charge in [-0.3, -0.25) is 0 Å². The molecule has 1 atom stereocenters. The SMILES string of the molecule is COc1cc(C)c(S(=O)(=O)NC(c2ccccc2)c2ccc(C)cc2C)cc1C. The molecule has 3 aromatic carbocycles. The number of aryl methyl sites for hydroxylation is 4. The van der Waals surface area contributed by atoms with Crippen LogP contribution in [0.4, 0.5) is 0 Å². The number of hydrogen-bond acceptors (Lipinski definition) is 3. The number of benzene rings is 3. The summed E-state index contributed by atoms with van der Waals surface area (Å²) < 4.78 is 35.0. The monoisotopic (exact) mass is 409 g/mol. The summed E-state index contributed by atoms with van der Waals surface area (Å²) in [6, 6.07) is 18.7. The van der Waals surface area contributed by atoms with Crippen molar-refractivity contribution >= 4 is 10.0 Å². The summed E-state index contributed by atoms with van der Waals surface area (Å²) in [5, 5.41) is 0. The Morgan fingerprint density at radius 1 is 0.828 bits per heavy atom. The Hall–Kier alpha value is -2.63. The van der Waals surface area contributed by atoms with Crippen molar-refractivity contribution in [1.82, 2.24) is 4.72 Å². The molecule has 1 unspecified atom stereocenters. The topological polar surface area (TPSA) is 55.4 Å². The van der Waals surface area contributed by atoms with E-state index in [1.807, 2.05) is 63.2 Å². The number of sulfonamides is 1. The molecule has 3 rings (SSSR count). The minimum absolute atomic E-state index is 0.265. The third-order valence-electron chi connectivity index (χ3n) is 5.12. The molecule has 1 N–H and O–H groups in total. The molecule has 0 fully saturated rings. The lowest BCUT2D eigenvalue weighted by Crippen LogP contribution is -2.30. The summed E-state index contributed by atoms with van der Waals surface area (Å²) in [5.74, 6) is 0.676. The van der Waals surface area contributed by atoms with Gasteiger partial charge in [-0.15, -0.1) is 0 Å². The largest absolute Gasteiger partial charge is 0.496 e. The lowest BCUT2D eigenvalue weighted by Gasteiger charge is -2.23. The van der Waals surface area contributed by atoms with Crippen LogP contribution in [0, 0.1) is 27.7 Å². The van der Waals surface area contributed by atoms with Gasteiger partial charge in [0.1, 0.15) is 5.75 Å². The van der Waals surface area contributed by atoms with Crippen LogP contribution in [0.5, 0.6) is 5.75 Å². The number of ether oxygens (including phenoxy) is 1. The second kappa shape index (κ2) is 8.39. The number of rotatable bonds is 6. The third kappa shape index (κ3) is 4.52. The van der Waals surface area contributed by atoms with Gasteiger partial charge in [-0.2, -0.15) is 4.72 Å². The first-order valence-electron chi connectivity index (χ1n) is 9.52. The van der Waals surface area contributed by atoms with Crippen molar-refractivity contribution in [2.75, 3.05) is 7.11 Å². The Balaban J connectivity index is 2.10. The minimum Gasteiger partial charge on any atom is -0.496 e. The van der Waals surface area contributed by atoms with Gasteiger partial charge in [-0.25, -0.2) is 8.42 Å². The molecule has 3 aromatic rings. The van der Waals surface area contributed by atoms with E-state index in [-0.39, 0.29) is 4.90 Å². The maximum atomic E-state index is 13.4. The van der Waals surface area contributed by atoms with Crippen LogP contribution in [0.2, 0.25) is 0 Å². The lowest BCUT2D eigenvalue weighted by atomic mass is 9.95. The molecule has 152 valence electrons. The van der Waals surface area contributed by atoms with E-state index in [1.54, 1.807) is 26.2 Å². The highest BCUT2D eigenvalue weighted by atomic mass is 32.2. The first-order valence-corrected chi connectivity index (χ1v) is 11.0. The van der Waals surface area contributed by atoms with Crippen molar-refractivity contribution in [3.8, 4) is 5.75 Å². The summed E-state index contributed by atoms with van der Waals surface area (Å²) in [6.07, 6.45) is 0. The summed E-state index contributed by atoms with van der Waals surface area (Å²) in [4.78, 5) is 0.265. The Bertz CT molecular complexity index is 1120. The van der Waals surface area contributed by atoms with E-state index in [1.165, 1.54) is 0 Å². The second-order valence-corrected chi connectivity index (χ2v) is 9.09. The fourth-order valence-corrected chi connectivity index (χ4v) is 5.11. The van der Waals surface area contributed by atoms with Crippen molar-refractivity contribution in [2.45, 2.75) is 38.6 Å². The van der Waals surface area contributed by atoms with Crippen LogP contribution < -0.4 is 9.46 Å². The van der Waals surface area contributed by atoms with Gasteiger partial charge in [-0.1, -0.05) is 54.1 Å². The van der Waals surface area contributed by atoms with E-state index in [9.17, 15) is 8.42 Å². The van der Waals surface area contributed by atoms with Gasteiger partial charge in [0.25, 0.3) is 0 Å². The highest BCUT2D eigenvalue weighted by molar-refractivity contribution is 7.89. The van der Waals surface area contributed by atoms with Crippen molar-refractivity contribution in [2.24, 2.45) is 0 Å². The molecular weight excluding hydrogens is 382 g/mol.